The Balaban J connectivity index is 2.77. The largest absolute Gasteiger partial charge is 0.367 e. The zero-order valence-electron chi connectivity index (χ0n) is 9.61. The number of rotatable bonds is 2. The van der Waals surface area contributed by atoms with Crippen molar-refractivity contribution >= 4 is 23.1 Å². The molecule has 2 N–H and O–H groups in total. The van der Waals surface area contributed by atoms with E-state index in [0.29, 0.717) is 28.4 Å². The highest BCUT2D eigenvalue weighted by molar-refractivity contribution is 6.35. The Morgan fingerprint density at radius 2 is 2.29 bits per heavy atom. The van der Waals surface area contributed by atoms with Crippen LogP contribution >= 0.6 is 11.6 Å². The molecule has 0 aliphatic carbocycles. The van der Waals surface area contributed by atoms with Crippen molar-refractivity contribution in [1.82, 2.24) is 14.6 Å². The molecule has 0 amide bonds. The van der Waals surface area contributed by atoms with Gasteiger partial charge in [0.25, 0.3) is 0 Å². The second kappa shape index (κ2) is 4.22. The topological polar surface area (TPSA) is 80.0 Å². The van der Waals surface area contributed by atoms with Crippen molar-refractivity contribution in [2.24, 2.45) is 5.92 Å². The van der Waals surface area contributed by atoms with Crippen molar-refractivity contribution in [3.63, 3.8) is 0 Å². The van der Waals surface area contributed by atoms with Crippen LogP contribution in [0.1, 0.15) is 25.1 Å². The number of fused-ring (bicyclic) bond motifs is 1. The van der Waals surface area contributed by atoms with Gasteiger partial charge in [-0.3, -0.25) is 0 Å². The number of nitriles is 1. The third kappa shape index (κ3) is 1.92. The summed E-state index contributed by atoms with van der Waals surface area (Å²) in [6.45, 7) is 4.14. The summed E-state index contributed by atoms with van der Waals surface area (Å²) in [5.74, 6) is 0.561. The predicted molar refractivity (Wildman–Crippen MR) is 65.7 cm³/mol. The summed E-state index contributed by atoms with van der Waals surface area (Å²) in [6, 6.07) is 2.12. The molecule has 17 heavy (non-hydrogen) atoms. The fraction of sp³-hybridized carbons (Fsp3) is 0.364. The monoisotopic (exact) mass is 249 g/mol. The van der Waals surface area contributed by atoms with E-state index in [2.05, 4.69) is 30.0 Å². The molecule has 0 saturated heterocycles. The third-order valence-electron chi connectivity index (χ3n) is 2.45. The van der Waals surface area contributed by atoms with Crippen LogP contribution in [0, 0.1) is 17.2 Å². The van der Waals surface area contributed by atoms with E-state index >= 15 is 0 Å². The lowest BCUT2D eigenvalue weighted by atomic mass is 10.1. The van der Waals surface area contributed by atoms with Crippen molar-refractivity contribution in [3.05, 3.63) is 22.5 Å². The van der Waals surface area contributed by atoms with Crippen molar-refractivity contribution < 1.29 is 0 Å². The van der Waals surface area contributed by atoms with E-state index in [1.165, 1.54) is 6.20 Å². The Labute approximate surface area is 104 Å². The molecule has 6 heteroatoms. The Morgan fingerprint density at radius 1 is 1.59 bits per heavy atom. The molecule has 0 aliphatic heterocycles. The summed E-state index contributed by atoms with van der Waals surface area (Å²) < 4.78 is 1.61. The number of hydrogen-bond acceptors (Lipinski definition) is 4. The molecule has 0 aliphatic rings. The van der Waals surface area contributed by atoms with Crippen LogP contribution in [0.4, 0.5) is 5.95 Å². The Hall–Kier alpha value is -1.80. The van der Waals surface area contributed by atoms with E-state index in [-0.39, 0.29) is 5.95 Å². The van der Waals surface area contributed by atoms with Crippen molar-refractivity contribution in [2.45, 2.75) is 20.3 Å². The molecule has 0 unspecified atom stereocenters. The summed E-state index contributed by atoms with van der Waals surface area (Å²) in [4.78, 5) is 3.89. The first-order valence-corrected chi connectivity index (χ1v) is 5.64. The lowest BCUT2D eigenvalue weighted by Gasteiger charge is -2.05. The third-order valence-corrected chi connectivity index (χ3v) is 2.83. The van der Waals surface area contributed by atoms with Crippen LogP contribution in [0.3, 0.4) is 0 Å². The van der Waals surface area contributed by atoms with Gasteiger partial charge in [-0.25, -0.2) is 9.50 Å². The molecule has 0 spiro atoms. The summed E-state index contributed by atoms with van der Waals surface area (Å²) in [6.07, 6.45) is 2.25. The summed E-state index contributed by atoms with van der Waals surface area (Å²) in [5, 5.41) is 13.7. The van der Waals surface area contributed by atoms with Gasteiger partial charge in [0, 0.05) is 0 Å². The van der Waals surface area contributed by atoms with Crippen molar-refractivity contribution in [2.75, 3.05) is 5.73 Å². The molecule has 0 fully saturated rings. The lowest BCUT2D eigenvalue weighted by Crippen LogP contribution is -2.06. The van der Waals surface area contributed by atoms with Crippen LogP contribution in [0.15, 0.2) is 6.20 Å². The highest BCUT2D eigenvalue weighted by Crippen LogP contribution is 2.28. The normalized spacial score (nSPS) is 11.0. The van der Waals surface area contributed by atoms with Gasteiger partial charge in [-0.05, 0) is 12.3 Å². The first kappa shape index (κ1) is 11.7. The maximum atomic E-state index is 9.16. The van der Waals surface area contributed by atoms with Gasteiger partial charge in [-0.2, -0.15) is 5.26 Å². The van der Waals surface area contributed by atoms with Crippen LogP contribution in [0.2, 0.25) is 5.02 Å². The minimum Gasteiger partial charge on any atom is -0.367 e. The van der Waals surface area contributed by atoms with E-state index in [0.717, 1.165) is 5.69 Å². The molecular weight excluding hydrogens is 238 g/mol. The van der Waals surface area contributed by atoms with E-state index in [9.17, 15) is 0 Å². The van der Waals surface area contributed by atoms with Gasteiger partial charge < -0.3 is 5.73 Å². The van der Waals surface area contributed by atoms with Gasteiger partial charge in [0.2, 0.25) is 5.95 Å². The van der Waals surface area contributed by atoms with E-state index in [4.69, 9.17) is 22.6 Å². The van der Waals surface area contributed by atoms with Crippen LogP contribution in [-0.4, -0.2) is 14.6 Å². The molecule has 2 aromatic rings. The average molecular weight is 250 g/mol. The molecular formula is C11H12ClN5. The lowest BCUT2D eigenvalue weighted by molar-refractivity contribution is 0.620. The van der Waals surface area contributed by atoms with Crippen LogP contribution < -0.4 is 5.73 Å². The quantitative estimate of drug-likeness (QED) is 0.883. The zero-order chi connectivity index (χ0) is 12.6. The first-order chi connectivity index (χ1) is 8.04. The predicted octanol–water partition coefficient (Wildman–Crippen LogP) is 2.04. The van der Waals surface area contributed by atoms with Crippen molar-refractivity contribution in [1.29, 1.82) is 5.26 Å². The number of halogens is 1. The SMILES string of the molecule is CC(C)Cc1c(C#N)c(Cl)c2cnc(N)nn12. The van der Waals surface area contributed by atoms with Gasteiger partial charge in [0.1, 0.15) is 11.6 Å². The van der Waals surface area contributed by atoms with Crippen LogP contribution in [0.25, 0.3) is 5.52 Å². The highest BCUT2D eigenvalue weighted by atomic mass is 35.5. The van der Waals surface area contributed by atoms with Gasteiger partial charge in [0.15, 0.2) is 0 Å². The molecule has 0 atom stereocenters. The number of anilines is 1. The fourth-order valence-corrected chi connectivity index (χ4v) is 2.05. The molecule has 0 aromatic carbocycles. The smallest absolute Gasteiger partial charge is 0.238 e. The molecule has 0 radical (unpaired) electrons. The molecule has 0 saturated carbocycles. The van der Waals surface area contributed by atoms with Crippen molar-refractivity contribution in [3.8, 4) is 6.07 Å². The second-order valence-electron chi connectivity index (χ2n) is 4.26. The molecule has 0 bridgehead atoms. The maximum absolute atomic E-state index is 9.16. The fourth-order valence-electron chi connectivity index (χ4n) is 1.77. The Morgan fingerprint density at radius 3 is 2.88 bits per heavy atom. The maximum Gasteiger partial charge on any atom is 0.238 e. The van der Waals surface area contributed by atoms with Gasteiger partial charge in [-0.1, -0.05) is 25.4 Å². The van der Waals surface area contributed by atoms with Crippen LogP contribution in [-0.2, 0) is 6.42 Å². The minimum absolute atomic E-state index is 0.165. The van der Waals surface area contributed by atoms with E-state index < -0.39 is 0 Å². The molecule has 88 valence electrons. The number of aromatic nitrogens is 3. The van der Waals surface area contributed by atoms with E-state index in [1.54, 1.807) is 4.52 Å². The van der Waals surface area contributed by atoms with Gasteiger partial charge in [0.05, 0.1) is 22.5 Å². The number of nitrogens with two attached hydrogens (primary N) is 1. The van der Waals surface area contributed by atoms with Gasteiger partial charge >= 0.3 is 0 Å². The zero-order valence-corrected chi connectivity index (χ0v) is 10.4. The Bertz CT molecular complexity index is 608. The number of nitrogen functional groups attached to an aromatic ring is 1. The number of nitrogens with zero attached hydrogens (tertiary/aromatic N) is 4. The standard InChI is InChI=1S/C11H12ClN5/c1-6(2)3-8-7(4-13)10(12)9-5-15-11(14)16-17(8)9/h5-6H,3H2,1-2H3,(H2,14,16). The van der Waals surface area contributed by atoms with Crippen LogP contribution in [0.5, 0.6) is 0 Å². The summed E-state index contributed by atoms with van der Waals surface area (Å²) >= 11 is 6.13. The summed E-state index contributed by atoms with van der Waals surface area (Å²) in [7, 11) is 0. The molecule has 2 aromatic heterocycles. The minimum atomic E-state index is 0.165. The number of hydrogen-bond donors (Lipinski definition) is 1. The summed E-state index contributed by atoms with van der Waals surface area (Å²) in [5.41, 5.74) is 7.42. The van der Waals surface area contributed by atoms with Gasteiger partial charge in [-0.15, -0.1) is 5.10 Å². The highest BCUT2D eigenvalue weighted by Gasteiger charge is 2.18. The molecule has 2 heterocycles. The molecule has 2 rings (SSSR count). The second-order valence-corrected chi connectivity index (χ2v) is 4.64. The first-order valence-electron chi connectivity index (χ1n) is 5.26. The Kier molecular flexibility index (Phi) is 2.90. The van der Waals surface area contributed by atoms with E-state index in [1.807, 2.05) is 0 Å². The molecule has 5 nitrogen and oxygen atoms in total. The average Bonchev–Trinajstić information content (AvgIpc) is 2.51.